The Hall–Kier alpha value is -2.21. The summed E-state index contributed by atoms with van der Waals surface area (Å²) in [4.78, 5) is 30.8. The van der Waals surface area contributed by atoms with E-state index in [9.17, 15) is 14.7 Å². The molecule has 118 valence electrons. The molecule has 0 spiro atoms. The monoisotopic (exact) mass is 303 g/mol. The minimum Gasteiger partial charge on any atom is -0.392 e. The van der Waals surface area contributed by atoms with Crippen LogP contribution >= 0.6 is 0 Å². The number of aliphatic hydroxyl groups is 1. The van der Waals surface area contributed by atoms with Gasteiger partial charge in [0.2, 0.25) is 0 Å². The van der Waals surface area contributed by atoms with Crippen LogP contribution in [0, 0.1) is 6.92 Å². The molecule has 1 amide bonds. The second-order valence-electron chi connectivity index (χ2n) is 5.81. The predicted octanol–water partition coefficient (Wildman–Crippen LogP) is 1.23. The number of carbonyl (C=O) groups is 1. The Morgan fingerprint density at radius 1 is 1.36 bits per heavy atom. The normalized spacial score (nSPS) is 12.6. The lowest BCUT2D eigenvalue weighted by Crippen LogP contribution is -2.43. The predicted molar refractivity (Wildman–Crippen MR) is 84.1 cm³/mol. The summed E-state index contributed by atoms with van der Waals surface area (Å²) in [5.41, 5.74) is 1.02. The molecule has 2 aromatic rings. The third-order valence-corrected chi connectivity index (χ3v) is 3.43. The molecule has 0 fully saturated rings. The van der Waals surface area contributed by atoms with Gasteiger partial charge >= 0.3 is 0 Å². The number of fused-ring (bicyclic) bond motifs is 1. The largest absolute Gasteiger partial charge is 0.392 e. The summed E-state index contributed by atoms with van der Waals surface area (Å²) in [6.07, 6.45) is 2.31. The fourth-order valence-corrected chi connectivity index (χ4v) is 2.30. The van der Waals surface area contributed by atoms with Crippen LogP contribution in [0.25, 0.3) is 5.65 Å². The summed E-state index contributed by atoms with van der Waals surface area (Å²) < 4.78 is 1.38. The molecule has 1 unspecified atom stereocenters. The van der Waals surface area contributed by atoms with Gasteiger partial charge in [0.1, 0.15) is 11.2 Å². The van der Waals surface area contributed by atoms with Crippen LogP contribution in [0.2, 0.25) is 0 Å². The molecule has 0 saturated carbocycles. The Morgan fingerprint density at radius 3 is 2.64 bits per heavy atom. The number of aryl methyl sites for hydroxylation is 1. The van der Waals surface area contributed by atoms with Crippen molar-refractivity contribution in [2.24, 2.45) is 0 Å². The van der Waals surface area contributed by atoms with Gasteiger partial charge in [0.05, 0.1) is 6.10 Å². The highest BCUT2D eigenvalue weighted by Gasteiger charge is 2.23. The highest BCUT2D eigenvalue weighted by Crippen LogP contribution is 2.08. The van der Waals surface area contributed by atoms with Crippen molar-refractivity contribution in [1.82, 2.24) is 14.3 Å². The lowest BCUT2D eigenvalue weighted by molar-refractivity contribution is 0.0576. The minimum atomic E-state index is -0.662. The van der Waals surface area contributed by atoms with Crippen LogP contribution in [0.3, 0.4) is 0 Å². The van der Waals surface area contributed by atoms with Crippen LogP contribution < -0.4 is 5.56 Å². The first-order valence-corrected chi connectivity index (χ1v) is 7.28. The van der Waals surface area contributed by atoms with E-state index in [0.29, 0.717) is 5.65 Å². The SMILES string of the molecule is Cc1ccc2ncc(C(=O)N(CC(C)O)C(C)C)c(=O)n2c1. The van der Waals surface area contributed by atoms with Gasteiger partial charge in [0, 0.05) is 25.0 Å². The summed E-state index contributed by atoms with van der Waals surface area (Å²) in [5.74, 6) is -0.413. The topological polar surface area (TPSA) is 74.9 Å². The number of carbonyl (C=O) groups excluding carboxylic acids is 1. The Balaban J connectivity index is 2.51. The number of hydrogen-bond donors (Lipinski definition) is 1. The maximum absolute atomic E-state index is 12.6. The van der Waals surface area contributed by atoms with E-state index < -0.39 is 17.6 Å². The Kier molecular flexibility index (Phi) is 4.61. The third-order valence-electron chi connectivity index (χ3n) is 3.43. The van der Waals surface area contributed by atoms with Crippen LogP contribution in [-0.4, -0.2) is 44.0 Å². The molecule has 6 heteroatoms. The molecule has 0 aliphatic heterocycles. The second-order valence-corrected chi connectivity index (χ2v) is 5.81. The second kappa shape index (κ2) is 6.27. The van der Waals surface area contributed by atoms with Gasteiger partial charge in [0.25, 0.3) is 11.5 Å². The molecular formula is C16H21N3O3. The van der Waals surface area contributed by atoms with Crippen molar-refractivity contribution in [3.63, 3.8) is 0 Å². The van der Waals surface area contributed by atoms with Crippen LogP contribution in [-0.2, 0) is 0 Å². The summed E-state index contributed by atoms with van der Waals surface area (Å²) >= 11 is 0. The lowest BCUT2D eigenvalue weighted by Gasteiger charge is -2.27. The van der Waals surface area contributed by atoms with E-state index in [1.165, 1.54) is 15.5 Å². The van der Waals surface area contributed by atoms with Crippen molar-refractivity contribution in [3.05, 3.63) is 46.0 Å². The first-order chi connectivity index (χ1) is 10.3. The molecule has 2 heterocycles. The number of aliphatic hydroxyl groups excluding tert-OH is 1. The summed E-state index contributed by atoms with van der Waals surface area (Å²) in [7, 11) is 0. The van der Waals surface area contributed by atoms with Gasteiger partial charge in [-0.05, 0) is 39.3 Å². The molecule has 1 atom stereocenters. The van der Waals surface area contributed by atoms with E-state index >= 15 is 0 Å². The van der Waals surface area contributed by atoms with Gasteiger partial charge in [-0.3, -0.25) is 14.0 Å². The number of rotatable bonds is 4. The summed E-state index contributed by atoms with van der Waals surface area (Å²) in [5, 5.41) is 9.55. The van der Waals surface area contributed by atoms with Gasteiger partial charge in [-0.2, -0.15) is 0 Å². The fourth-order valence-electron chi connectivity index (χ4n) is 2.30. The first kappa shape index (κ1) is 16.2. The van der Waals surface area contributed by atoms with Crippen LogP contribution in [0.4, 0.5) is 0 Å². The van der Waals surface area contributed by atoms with E-state index in [4.69, 9.17) is 0 Å². The number of amides is 1. The maximum Gasteiger partial charge on any atom is 0.270 e. The quantitative estimate of drug-likeness (QED) is 0.922. The molecule has 0 aliphatic carbocycles. The summed E-state index contributed by atoms with van der Waals surface area (Å²) in [6, 6.07) is 3.47. The van der Waals surface area contributed by atoms with Crippen molar-refractivity contribution >= 4 is 11.6 Å². The smallest absolute Gasteiger partial charge is 0.270 e. The first-order valence-electron chi connectivity index (χ1n) is 7.28. The van der Waals surface area contributed by atoms with Crippen molar-refractivity contribution in [2.75, 3.05) is 6.54 Å². The van der Waals surface area contributed by atoms with Crippen molar-refractivity contribution in [1.29, 1.82) is 0 Å². The third kappa shape index (κ3) is 3.17. The van der Waals surface area contributed by atoms with Gasteiger partial charge in [-0.1, -0.05) is 6.07 Å². The van der Waals surface area contributed by atoms with Crippen molar-refractivity contribution < 1.29 is 9.90 Å². The average molecular weight is 303 g/mol. The molecule has 2 rings (SSSR count). The highest BCUT2D eigenvalue weighted by atomic mass is 16.3. The van der Waals surface area contributed by atoms with E-state index in [1.807, 2.05) is 26.8 Å². The zero-order chi connectivity index (χ0) is 16.4. The molecule has 6 nitrogen and oxygen atoms in total. The van der Waals surface area contributed by atoms with Crippen LogP contribution in [0.5, 0.6) is 0 Å². The lowest BCUT2D eigenvalue weighted by atomic mass is 10.2. The number of hydrogen-bond acceptors (Lipinski definition) is 4. The van der Waals surface area contributed by atoms with Crippen molar-refractivity contribution in [3.8, 4) is 0 Å². The van der Waals surface area contributed by atoms with Gasteiger partial charge in [-0.25, -0.2) is 4.98 Å². The van der Waals surface area contributed by atoms with Gasteiger partial charge in [0.15, 0.2) is 0 Å². The molecule has 0 aliphatic rings. The Morgan fingerprint density at radius 2 is 2.05 bits per heavy atom. The highest BCUT2D eigenvalue weighted by molar-refractivity contribution is 5.94. The number of pyridine rings is 1. The summed E-state index contributed by atoms with van der Waals surface area (Å²) in [6.45, 7) is 7.34. The zero-order valence-corrected chi connectivity index (χ0v) is 13.3. The molecular weight excluding hydrogens is 282 g/mol. The number of aromatic nitrogens is 2. The fraction of sp³-hybridized carbons (Fsp3) is 0.438. The van der Waals surface area contributed by atoms with E-state index in [-0.39, 0.29) is 18.2 Å². The Labute approximate surface area is 129 Å². The average Bonchev–Trinajstić information content (AvgIpc) is 2.44. The molecule has 0 radical (unpaired) electrons. The maximum atomic E-state index is 12.6. The van der Waals surface area contributed by atoms with Crippen LogP contribution in [0.15, 0.2) is 29.3 Å². The van der Waals surface area contributed by atoms with E-state index in [0.717, 1.165) is 5.56 Å². The molecule has 0 saturated heterocycles. The standard InChI is InChI=1S/C16H21N3O3/c1-10(2)18(9-12(4)20)15(21)13-7-17-14-6-5-11(3)8-19(14)16(13)22/h5-8,10,12,20H,9H2,1-4H3. The van der Waals surface area contributed by atoms with Crippen molar-refractivity contribution in [2.45, 2.75) is 39.8 Å². The number of nitrogens with zero attached hydrogens (tertiary/aromatic N) is 3. The Bertz CT molecular complexity index is 750. The van der Waals surface area contributed by atoms with E-state index in [1.54, 1.807) is 19.2 Å². The minimum absolute atomic E-state index is 0.0115. The van der Waals surface area contributed by atoms with Gasteiger partial charge < -0.3 is 10.0 Å². The molecule has 22 heavy (non-hydrogen) atoms. The van der Waals surface area contributed by atoms with Crippen LogP contribution in [0.1, 0.15) is 36.7 Å². The van der Waals surface area contributed by atoms with Gasteiger partial charge in [-0.15, -0.1) is 0 Å². The van der Waals surface area contributed by atoms with E-state index in [2.05, 4.69) is 4.98 Å². The molecule has 0 aromatic carbocycles. The molecule has 0 bridgehead atoms. The zero-order valence-electron chi connectivity index (χ0n) is 13.3. The molecule has 2 aromatic heterocycles. The molecule has 1 N–H and O–H groups in total.